The molecule has 2 aromatic carbocycles. The van der Waals surface area contributed by atoms with E-state index in [9.17, 15) is 0 Å². The van der Waals surface area contributed by atoms with Crippen LogP contribution >= 0.6 is 11.6 Å². The summed E-state index contributed by atoms with van der Waals surface area (Å²) in [6, 6.07) is 19.7. The summed E-state index contributed by atoms with van der Waals surface area (Å²) in [6.45, 7) is 0. The number of benzene rings is 2. The minimum Gasteiger partial charge on any atom is -0.457 e. The van der Waals surface area contributed by atoms with Gasteiger partial charge in [0.1, 0.15) is 11.5 Å². The smallest absolute Gasteiger partial charge is 0.127 e. The predicted octanol–water partition coefficient (Wildman–Crippen LogP) is 5.12. The first kappa shape index (κ1) is 13.7. The normalized spacial score (nSPS) is 10.3. The molecule has 3 heteroatoms. The standard InChI is InChI=1S/C18H14ClNO/c19-16-10-15(12-20-13-16)9-14-5-4-8-18(11-14)21-17-6-2-1-3-7-17/h1-8,10-13H,9H2. The number of ether oxygens (including phenoxy) is 1. The van der Waals surface area contributed by atoms with Crippen LogP contribution < -0.4 is 4.74 Å². The molecule has 1 heterocycles. The highest BCUT2D eigenvalue weighted by molar-refractivity contribution is 6.30. The molecule has 0 aliphatic carbocycles. The molecule has 0 radical (unpaired) electrons. The third kappa shape index (κ3) is 3.83. The number of hydrogen-bond donors (Lipinski definition) is 0. The second-order valence-electron chi connectivity index (χ2n) is 4.75. The Labute approximate surface area is 129 Å². The molecule has 0 amide bonds. The second-order valence-corrected chi connectivity index (χ2v) is 5.19. The largest absolute Gasteiger partial charge is 0.457 e. The molecule has 0 atom stereocenters. The molecule has 0 unspecified atom stereocenters. The average molecular weight is 296 g/mol. The highest BCUT2D eigenvalue weighted by Crippen LogP contribution is 2.23. The lowest BCUT2D eigenvalue weighted by atomic mass is 10.1. The summed E-state index contributed by atoms with van der Waals surface area (Å²) in [6.07, 6.45) is 4.25. The zero-order chi connectivity index (χ0) is 14.5. The van der Waals surface area contributed by atoms with Crippen LogP contribution in [-0.4, -0.2) is 4.98 Å². The van der Waals surface area contributed by atoms with Gasteiger partial charge in [-0.05, 0) is 47.9 Å². The molecule has 2 nitrogen and oxygen atoms in total. The lowest BCUT2D eigenvalue weighted by molar-refractivity contribution is 0.482. The number of halogens is 1. The minimum atomic E-state index is 0.657. The summed E-state index contributed by atoms with van der Waals surface area (Å²) in [5.41, 5.74) is 2.24. The van der Waals surface area contributed by atoms with Crippen molar-refractivity contribution in [2.45, 2.75) is 6.42 Å². The Morgan fingerprint density at radius 2 is 1.62 bits per heavy atom. The maximum Gasteiger partial charge on any atom is 0.127 e. The van der Waals surface area contributed by atoms with E-state index in [1.54, 1.807) is 6.20 Å². The molecular formula is C18H14ClNO. The Morgan fingerprint density at radius 1 is 0.810 bits per heavy atom. The summed E-state index contributed by atoms with van der Waals surface area (Å²) < 4.78 is 5.84. The van der Waals surface area contributed by atoms with Crippen LogP contribution in [0, 0.1) is 0 Å². The first-order valence-electron chi connectivity index (χ1n) is 6.71. The fourth-order valence-electron chi connectivity index (χ4n) is 2.13. The average Bonchev–Trinajstić information content (AvgIpc) is 2.49. The van der Waals surface area contributed by atoms with Gasteiger partial charge in [-0.2, -0.15) is 0 Å². The molecule has 0 aliphatic heterocycles. The van der Waals surface area contributed by atoms with Crippen molar-refractivity contribution in [1.82, 2.24) is 4.98 Å². The van der Waals surface area contributed by atoms with E-state index >= 15 is 0 Å². The first-order chi connectivity index (χ1) is 10.3. The Balaban J connectivity index is 1.77. The van der Waals surface area contributed by atoms with Crippen molar-refractivity contribution < 1.29 is 4.74 Å². The number of nitrogens with zero attached hydrogens (tertiary/aromatic N) is 1. The second kappa shape index (κ2) is 6.42. The first-order valence-corrected chi connectivity index (χ1v) is 7.09. The zero-order valence-corrected chi connectivity index (χ0v) is 12.1. The molecular weight excluding hydrogens is 282 g/mol. The summed E-state index contributed by atoms with van der Waals surface area (Å²) >= 11 is 5.96. The molecule has 0 saturated carbocycles. The number of para-hydroxylation sites is 1. The molecule has 3 aromatic rings. The van der Waals surface area contributed by atoms with Crippen molar-refractivity contribution >= 4 is 11.6 Å². The van der Waals surface area contributed by atoms with Crippen LogP contribution in [0.5, 0.6) is 11.5 Å². The van der Waals surface area contributed by atoms with Crippen LogP contribution in [0.15, 0.2) is 73.1 Å². The van der Waals surface area contributed by atoms with Gasteiger partial charge in [0.25, 0.3) is 0 Å². The number of pyridine rings is 1. The Morgan fingerprint density at radius 3 is 2.43 bits per heavy atom. The SMILES string of the molecule is Clc1cncc(Cc2cccc(Oc3ccccc3)c2)c1. The Hall–Kier alpha value is -2.32. The lowest BCUT2D eigenvalue weighted by Gasteiger charge is -2.08. The van der Waals surface area contributed by atoms with E-state index in [0.717, 1.165) is 29.0 Å². The van der Waals surface area contributed by atoms with Crippen molar-refractivity contribution in [3.8, 4) is 11.5 Å². The van der Waals surface area contributed by atoms with Crippen molar-refractivity contribution in [2.24, 2.45) is 0 Å². The summed E-state index contributed by atoms with van der Waals surface area (Å²) in [4.78, 5) is 4.11. The highest BCUT2D eigenvalue weighted by atomic mass is 35.5. The molecule has 3 rings (SSSR count). The van der Waals surface area contributed by atoms with Gasteiger partial charge in [0.2, 0.25) is 0 Å². The van der Waals surface area contributed by atoms with Crippen molar-refractivity contribution in [1.29, 1.82) is 0 Å². The molecule has 0 fully saturated rings. The minimum absolute atomic E-state index is 0.657. The van der Waals surface area contributed by atoms with Crippen LogP contribution in [0.25, 0.3) is 0 Å². The molecule has 0 N–H and O–H groups in total. The van der Waals surface area contributed by atoms with E-state index in [1.807, 2.05) is 60.8 Å². The molecule has 0 spiro atoms. The summed E-state index contributed by atoms with van der Waals surface area (Å²) in [5, 5.41) is 0.657. The van der Waals surface area contributed by atoms with Gasteiger partial charge in [-0.25, -0.2) is 0 Å². The van der Waals surface area contributed by atoms with E-state index < -0.39 is 0 Å². The van der Waals surface area contributed by atoms with Gasteiger partial charge in [0, 0.05) is 12.4 Å². The maximum absolute atomic E-state index is 5.96. The highest BCUT2D eigenvalue weighted by Gasteiger charge is 2.01. The van der Waals surface area contributed by atoms with Gasteiger partial charge in [0.15, 0.2) is 0 Å². The molecule has 0 saturated heterocycles. The number of aromatic nitrogens is 1. The molecule has 21 heavy (non-hydrogen) atoms. The number of rotatable bonds is 4. The van der Waals surface area contributed by atoms with Crippen LogP contribution in [0.3, 0.4) is 0 Å². The van der Waals surface area contributed by atoms with Gasteiger partial charge in [-0.3, -0.25) is 4.98 Å². The van der Waals surface area contributed by atoms with E-state index in [1.165, 1.54) is 0 Å². The quantitative estimate of drug-likeness (QED) is 0.666. The van der Waals surface area contributed by atoms with Crippen LogP contribution in [-0.2, 0) is 6.42 Å². The van der Waals surface area contributed by atoms with Gasteiger partial charge >= 0.3 is 0 Å². The monoisotopic (exact) mass is 295 g/mol. The molecule has 0 bridgehead atoms. The molecule has 0 aliphatic rings. The van der Waals surface area contributed by atoms with Crippen LogP contribution in [0.4, 0.5) is 0 Å². The Bertz CT molecular complexity index is 728. The zero-order valence-electron chi connectivity index (χ0n) is 11.4. The van der Waals surface area contributed by atoms with Crippen molar-refractivity contribution in [2.75, 3.05) is 0 Å². The topological polar surface area (TPSA) is 22.1 Å². The summed E-state index contributed by atoms with van der Waals surface area (Å²) in [5.74, 6) is 1.66. The van der Waals surface area contributed by atoms with Gasteiger partial charge in [-0.15, -0.1) is 0 Å². The van der Waals surface area contributed by atoms with Crippen molar-refractivity contribution in [3.05, 3.63) is 89.2 Å². The maximum atomic E-state index is 5.96. The van der Waals surface area contributed by atoms with Gasteiger partial charge in [0.05, 0.1) is 5.02 Å². The Kier molecular flexibility index (Phi) is 4.17. The van der Waals surface area contributed by atoms with Crippen molar-refractivity contribution in [3.63, 3.8) is 0 Å². The van der Waals surface area contributed by atoms with Crippen LogP contribution in [0.2, 0.25) is 5.02 Å². The fourth-order valence-corrected chi connectivity index (χ4v) is 2.33. The lowest BCUT2D eigenvalue weighted by Crippen LogP contribution is -1.91. The van der Waals surface area contributed by atoms with Gasteiger partial charge in [-0.1, -0.05) is 41.9 Å². The van der Waals surface area contributed by atoms with Gasteiger partial charge < -0.3 is 4.74 Å². The molecule has 104 valence electrons. The van der Waals surface area contributed by atoms with Crippen LogP contribution in [0.1, 0.15) is 11.1 Å². The third-order valence-electron chi connectivity index (χ3n) is 3.05. The van der Waals surface area contributed by atoms with E-state index in [2.05, 4.69) is 11.1 Å². The number of hydrogen-bond acceptors (Lipinski definition) is 2. The van der Waals surface area contributed by atoms with E-state index in [4.69, 9.17) is 16.3 Å². The predicted molar refractivity (Wildman–Crippen MR) is 85.0 cm³/mol. The van der Waals surface area contributed by atoms with E-state index in [0.29, 0.717) is 5.02 Å². The summed E-state index contributed by atoms with van der Waals surface area (Å²) in [7, 11) is 0. The third-order valence-corrected chi connectivity index (χ3v) is 3.25. The van der Waals surface area contributed by atoms with E-state index in [-0.39, 0.29) is 0 Å². The fraction of sp³-hybridized carbons (Fsp3) is 0.0556. The molecule has 1 aromatic heterocycles.